The van der Waals surface area contributed by atoms with Crippen molar-refractivity contribution in [2.45, 2.75) is 6.10 Å². The molecule has 0 amide bonds. The van der Waals surface area contributed by atoms with Crippen LogP contribution in [0.15, 0.2) is 41.1 Å². The highest BCUT2D eigenvalue weighted by atomic mass is 19.1. The predicted molar refractivity (Wildman–Crippen MR) is 63.4 cm³/mol. The quantitative estimate of drug-likeness (QED) is 0.755. The van der Waals surface area contributed by atoms with E-state index in [1.165, 1.54) is 12.1 Å². The first-order valence-corrected chi connectivity index (χ1v) is 5.49. The second-order valence-corrected chi connectivity index (χ2v) is 4.13. The van der Waals surface area contributed by atoms with Crippen LogP contribution in [0, 0.1) is 5.82 Å². The first-order valence-electron chi connectivity index (χ1n) is 5.49. The molecule has 0 radical (unpaired) electrons. The van der Waals surface area contributed by atoms with Gasteiger partial charge in [0.25, 0.3) is 0 Å². The predicted octanol–water partition coefficient (Wildman–Crippen LogP) is 2.39. The topological polar surface area (TPSA) is 51.2 Å². The fourth-order valence-electron chi connectivity index (χ4n) is 1.94. The fraction of sp³-hybridized carbons (Fsp3) is 0.154. The Morgan fingerprint density at radius 1 is 1.39 bits per heavy atom. The lowest BCUT2D eigenvalue weighted by atomic mass is 10.2. The van der Waals surface area contributed by atoms with Gasteiger partial charge in [-0.15, -0.1) is 0 Å². The Bertz CT molecular complexity index is 702. The maximum atomic E-state index is 13.1. The smallest absolute Gasteiger partial charge is 0.169 e. The highest BCUT2D eigenvalue weighted by Crippen LogP contribution is 2.27. The molecule has 0 saturated heterocycles. The average molecular weight is 246 g/mol. The molecule has 4 nitrogen and oxygen atoms in total. The largest absolute Gasteiger partial charge is 0.458 e. The monoisotopic (exact) mass is 246 g/mol. The molecular formula is C13H11FN2O2. The molecule has 2 aromatic heterocycles. The van der Waals surface area contributed by atoms with Crippen molar-refractivity contribution in [3.05, 3.63) is 54.1 Å². The SMILES string of the molecule is Cn1ccnc1C(O)c1cc2cc(F)ccc2o1. The lowest BCUT2D eigenvalue weighted by molar-refractivity contribution is 0.179. The van der Waals surface area contributed by atoms with Gasteiger partial charge in [0.2, 0.25) is 0 Å². The molecule has 0 aliphatic rings. The van der Waals surface area contributed by atoms with Crippen LogP contribution in [0.25, 0.3) is 11.0 Å². The molecule has 0 bridgehead atoms. The highest BCUT2D eigenvalue weighted by Gasteiger charge is 2.19. The van der Waals surface area contributed by atoms with E-state index in [0.717, 1.165) is 0 Å². The number of aliphatic hydroxyl groups is 1. The zero-order chi connectivity index (χ0) is 12.7. The van der Waals surface area contributed by atoms with E-state index in [1.807, 2.05) is 0 Å². The van der Waals surface area contributed by atoms with Crippen LogP contribution in [0.2, 0.25) is 0 Å². The molecule has 0 saturated carbocycles. The molecule has 0 aliphatic carbocycles. The third-order valence-electron chi connectivity index (χ3n) is 2.87. The van der Waals surface area contributed by atoms with Gasteiger partial charge in [-0.25, -0.2) is 9.37 Å². The average Bonchev–Trinajstić information content (AvgIpc) is 2.93. The number of fused-ring (bicyclic) bond motifs is 1. The van der Waals surface area contributed by atoms with Crippen molar-refractivity contribution >= 4 is 11.0 Å². The summed E-state index contributed by atoms with van der Waals surface area (Å²) in [5.41, 5.74) is 0.541. The summed E-state index contributed by atoms with van der Waals surface area (Å²) in [5, 5.41) is 10.8. The zero-order valence-corrected chi connectivity index (χ0v) is 9.67. The van der Waals surface area contributed by atoms with E-state index < -0.39 is 6.10 Å². The Morgan fingerprint density at radius 2 is 2.22 bits per heavy atom. The van der Waals surface area contributed by atoms with Gasteiger partial charge in [0.1, 0.15) is 23.0 Å². The summed E-state index contributed by atoms with van der Waals surface area (Å²) in [6, 6.07) is 5.85. The number of imidazole rings is 1. The number of halogens is 1. The molecule has 1 unspecified atom stereocenters. The summed E-state index contributed by atoms with van der Waals surface area (Å²) in [4.78, 5) is 4.06. The molecule has 3 rings (SSSR count). The van der Waals surface area contributed by atoms with Crippen LogP contribution in [-0.4, -0.2) is 14.7 Å². The van der Waals surface area contributed by atoms with Crippen molar-refractivity contribution in [3.63, 3.8) is 0 Å². The van der Waals surface area contributed by atoms with Crippen molar-refractivity contribution in [1.29, 1.82) is 0 Å². The number of nitrogens with zero attached hydrogens (tertiary/aromatic N) is 2. The summed E-state index contributed by atoms with van der Waals surface area (Å²) in [7, 11) is 1.79. The third kappa shape index (κ3) is 1.69. The number of benzene rings is 1. The van der Waals surface area contributed by atoms with Gasteiger partial charge >= 0.3 is 0 Å². The highest BCUT2D eigenvalue weighted by molar-refractivity contribution is 5.78. The molecular weight excluding hydrogens is 235 g/mol. The fourth-order valence-corrected chi connectivity index (χ4v) is 1.94. The number of hydrogen-bond acceptors (Lipinski definition) is 3. The zero-order valence-electron chi connectivity index (χ0n) is 9.67. The Hall–Kier alpha value is -2.14. The van der Waals surface area contributed by atoms with Crippen LogP contribution in [0.4, 0.5) is 4.39 Å². The third-order valence-corrected chi connectivity index (χ3v) is 2.87. The number of rotatable bonds is 2. The minimum Gasteiger partial charge on any atom is -0.458 e. The second-order valence-electron chi connectivity index (χ2n) is 4.13. The lowest BCUT2D eigenvalue weighted by Gasteiger charge is -2.06. The van der Waals surface area contributed by atoms with Crippen LogP contribution < -0.4 is 0 Å². The summed E-state index contributed by atoms with van der Waals surface area (Å²) in [6.07, 6.45) is 2.38. The van der Waals surface area contributed by atoms with Gasteiger partial charge in [0.05, 0.1) is 0 Å². The molecule has 92 valence electrons. The number of hydrogen-bond donors (Lipinski definition) is 1. The minimum atomic E-state index is -0.958. The molecule has 2 heterocycles. The van der Waals surface area contributed by atoms with E-state index in [9.17, 15) is 9.50 Å². The summed E-state index contributed by atoms with van der Waals surface area (Å²) in [6.45, 7) is 0. The van der Waals surface area contributed by atoms with E-state index in [2.05, 4.69) is 4.98 Å². The van der Waals surface area contributed by atoms with Crippen LogP contribution >= 0.6 is 0 Å². The van der Waals surface area contributed by atoms with Crippen molar-refractivity contribution in [1.82, 2.24) is 9.55 Å². The number of furan rings is 1. The number of aliphatic hydroxyl groups excluding tert-OH is 1. The van der Waals surface area contributed by atoms with Crippen molar-refractivity contribution in [2.75, 3.05) is 0 Å². The normalized spacial score (nSPS) is 13.1. The van der Waals surface area contributed by atoms with Gasteiger partial charge in [-0.05, 0) is 24.3 Å². The van der Waals surface area contributed by atoms with E-state index in [4.69, 9.17) is 4.42 Å². The number of aryl methyl sites for hydroxylation is 1. The first kappa shape index (κ1) is 11.0. The lowest BCUT2D eigenvalue weighted by Crippen LogP contribution is -2.05. The molecule has 18 heavy (non-hydrogen) atoms. The molecule has 1 atom stereocenters. The molecule has 5 heteroatoms. The van der Waals surface area contributed by atoms with E-state index in [-0.39, 0.29) is 5.82 Å². The maximum absolute atomic E-state index is 13.1. The van der Waals surface area contributed by atoms with Crippen LogP contribution in [-0.2, 0) is 7.05 Å². The molecule has 1 N–H and O–H groups in total. The maximum Gasteiger partial charge on any atom is 0.169 e. The molecule has 3 aromatic rings. The first-order chi connectivity index (χ1) is 8.65. The minimum absolute atomic E-state index is 0.332. The van der Waals surface area contributed by atoms with Crippen LogP contribution in [0.1, 0.15) is 17.7 Å². The molecule has 0 spiro atoms. The summed E-state index contributed by atoms with van der Waals surface area (Å²) >= 11 is 0. The van der Waals surface area contributed by atoms with Gasteiger partial charge in [0, 0.05) is 24.8 Å². The molecule has 0 fully saturated rings. The Balaban J connectivity index is 2.07. The molecule has 1 aromatic carbocycles. The van der Waals surface area contributed by atoms with E-state index in [1.54, 1.807) is 36.1 Å². The molecule has 0 aliphatic heterocycles. The second kappa shape index (κ2) is 3.96. The van der Waals surface area contributed by atoms with Crippen molar-refractivity contribution < 1.29 is 13.9 Å². The van der Waals surface area contributed by atoms with Crippen molar-refractivity contribution in [3.8, 4) is 0 Å². The number of aromatic nitrogens is 2. The van der Waals surface area contributed by atoms with Gasteiger partial charge in [-0.1, -0.05) is 0 Å². The van der Waals surface area contributed by atoms with Crippen molar-refractivity contribution in [2.24, 2.45) is 7.05 Å². The van der Waals surface area contributed by atoms with E-state index in [0.29, 0.717) is 22.6 Å². The summed E-state index contributed by atoms with van der Waals surface area (Å²) in [5.74, 6) is 0.501. The Kier molecular flexibility index (Phi) is 2.41. The van der Waals surface area contributed by atoms with Crippen LogP contribution in [0.5, 0.6) is 0 Å². The van der Waals surface area contributed by atoms with Gasteiger partial charge in [0.15, 0.2) is 6.10 Å². The summed E-state index contributed by atoms with van der Waals surface area (Å²) < 4.78 is 20.3. The Morgan fingerprint density at radius 3 is 2.94 bits per heavy atom. The van der Waals surface area contributed by atoms with Gasteiger partial charge < -0.3 is 14.1 Å². The van der Waals surface area contributed by atoms with Crippen LogP contribution in [0.3, 0.4) is 0 Å². The van der Waals surface area contributed by atoms with E-state index >= 15 is 0 Å². The Labute approximate surface area is 102 Å². The van der Waals surface area contributed by atoms with Gasteiger partial charge in [-0.2, -0.15) is 0 Å². The van der Waals surface area contributed by atoms with Gasteiger partial charge in [-0.3, -0.25) is 0 Å². The standard InChI is InChI=1S/C13H11FN2O2/c1-16-5-4-15-13(16)12(17)11-7-8-6-9(14)2-3-10(8)18-11/h2-7,12,17H,1H3.